The van der Waals surface area contributed by atoms with Crippen LogP contribution >= 0.6 is 22.9 Å². The van der Waals surface area contributed by atoms with Crippen LogP contribution in [0.1, 0.15) is 27.3 Å². The topological polar surface area (TPSA) is 77.1 Å². The van der Waals surface area contributed by atoms with Crippen molar-refractivity contribution in [3.8, 4) is 10.6 Å². The molecule has 5 rings (SSSR count). The molecule has 0 spiro atoms. The van der Waals surface area contributed by atoms with Crippen LogP contribution < -0.4 is 5.32 Å². The molecule has 0 radical (unpaired) electrons. The van der Waals surface area contributed by atoms with Crippen molar-refractivity contribution in [3.05, 3.63) is 87.6 Å². The lowest BCUT2D eigenvalue weighted by molar-refractivity contribution is -0.142. The van der Waals surface area contributed by atoms with Crippen molar-refractivity contribution >= 4 is 40.3 Å². The van der Waals surface area contributed by atoms with E-state index in [4.69, 9.17) is 11.6 Å². The summed E-state index contributed by atoms with van der Waals surface area (Å²) in [6.45, 7) is 2.47. The van der Waals surface area contributed by atoms with E-state index in [0.717, 1.165) is 17.2 Å². The first-order valence-corrected chi connectivity index (χ1v) is 11.6. The minimum Gasteiger partial charge on any atom is -0.304 e. The molecule has 4 heterocycles. The van der Waals surface area contributed by atoms with E-state index in [1.165, 1.54) is 11.3 Å². The number of nitrogens with zero attached hydrogens (tertiary/aromatic N) is 5. The van der Waals surface area contributed by atoms with Crippen molar-refractivity contribution in [2.45, 2.75) is 19.6 Å². The summed E-state index contributed by atoms with van der Waals surface area (Å²) in [6.07, 6.45) is -3.06. The summed E-state index contributed by atoms with van der Waals surface area (Å²) < 4.78 is 43.6. The van der Waals surface area contributed by atoms with Gasteiger partial charge in [-0.3, -0.25) is 9.48 Å². The fourth-order valence-corrected chi connectivity index (χ4v) is 4.51. The number of carbonyl (C=O) groups excluding carboxylic acids is 1. The highest BCUT2D eigenvalue weighted by atomic mass is 35.5. The molecule has 1 N–H and O–H groups in total. The molecule has 0 bridgehead atoms. The zero-order valence-corrected chi connectivity index (χ0v) is 19.6. The molecule has 0 fully saturated rings. The second-order valence-corrected chi connectivity index (χ2v) is 9.07. The van der Waals surface area contributed by atoms with Crippen molar-refractivity contribution in [2.75, 3.05) is 5.32 Å². The molecule has 1 aromatic carbocycles. The van der Waals surface area contributed by atoms with Gasteiger partial charge in [0.1, 0.15) is 5.02 Å². The van der Waals surface area contributed by atoms with Gasteiger partial charge in [-0.1, -0.05) is 47.5 Å². The minimum absolute atomic E-state index is 0.0866. The summed E-state index contributed by atoms with van der Waals surface area (Å²) in [5, 5.41) is 12.1. The van der Waals surface area contributed by atoms with E-state index in [-0.39, 0.29) is 27.9 Å². The highest BCUT2D eigenvalue weighted by Crippen LogP contribution is 2.35. The first-order chi connectivity index (χ1) is 16.7. The second-order valence-electron chi connectivity index (χ2n) is 7.74. The average molecular weight is 517 g/mol. The number of rotatable bonds is 5. The molecule has 5 aromatic rings. The van der Waals surface area contributed by atoms with E-state index in [9.17, 15) is 18.0 Å². The monoisotopic (exact) mass is 516 g/mol. The van der Waals surface area contributed by atoms with Gasteiger partial charge in [0.05, 0.1) is 17.1 Å². The normalized spacial score (nSPS) is 11.8. The third kappa shape index (κ3) is 4.64. The number of thiophene rings is 1. The Labute approximate surface area is 205 Å². The van der Waals surface area contributed by atoms with Crippen LogP contribution in [0, 0.1) is 6.92 Å². The Morgan fingerprint density at radius 3 is 2.69 bits per heavy atom. The lowest BCUT2D eigenvalue weighted by Gasteiger charge is -2.10. The molecule has 0 saturated heterocycles. The maximum absolute atomic E-state index is 13.8. The largest absolute Gasteiger partial charge is 0.433 e. The van der Waals surface area contributed by atoms with E-state index in [1.54, 1.807) is 34.5 Å². The molecule has 0 atom stereocenters. The van der Waals surface area contributed by atoms with Crippen molar-refractivity contribution < 1.29 is 18.0 Å². The summed E-state index contributed by atoms with van der Waals surface area (Å²) in [4.78, 5) is 17.6. The van der Waals surface area contributed by atoms with Crippen LogP contribution in [-0.4, -0.2) is 30.3 Å². The fraction of sp³-hybridized carbons (Fsp3) is 0.130. The zero-order valence-electron chi connectivity index (χ0n) is 18.0. The minimum atomic E-state index is -4.75. The number of aromatic nitrogens is 5. The predicted molar refractivity (Wildman–Crippen MR) is 127 cm³/mol. The molecule has 4 aromatic heterocycles. The van der Waals surface area contributed by atoms with Crippen molar-refractivity contribution in [3.63, 3.8) is 0 Å². The molecular weight excluding hydrogens is 501 g/mol. The first kappa shape index (κ1) is 23.1. The second kappa shape index (κ2) is 8.82. The number of halogens is 4. The SMILES string of the molecule is Cc1cccc(Cn2ccc(NC(=O)c3nn4c(C(F)(F)F)cc(-c5cccs5)nc4c3Cl)n2)c1. The van der Waals surface area contributed by atoms with Gasteiger partial charge in [0.15, 0.2) is 22.9 Å². The van der Waals surface area contributed by atoms with Gasteiger partial charge in [0.2, 0.25) is 0 Å². The van der Waals surface area contributed by atoms with Crippen LogP contribution in [0.2, 0.25) is 5.02 Å². The molecule has 1 amide bonds. The lowest BCUT2D eigenvalue weighted by Crippen LogP contribution is -2.16. The summed E-state index contributed by atoms with van der Waals surface area (Å²) in [6, 6.07) is 13.7. The van der Waals surface area contributed by atoms with Gasteiger partial charge in [-0.25, -0.2) is 9.50 Å². The van der Waals surface area contributed by atoms with Gasteiger partial charge in [0.25, 0.3) is 5.91 Å². The van der Waals surface area contributed by atoms with Crippen molar-refractivity contribution in [2.24, 2.45) is 0 Å². The molecule has 0 aliphatic heterocycles. The summed E-state index contributed by atoms with van der Waals surface area (Å²) >= 11 is 7.54. The standard InChI is InChI=1S/C23H16ClF3N6OS/c1-13-4-2-5-14(10-13)12-32-8-7-18(30-32)29-22(34)20-19(24)21-28-15(16-6-3-9-35-16)11-17(23(25,26)27)33(21)31-20/h2-11H,12H2,1H3,(H,29,30,34). The molecule has 0 unspecified atom stereocenters. The first-order valence-electron chi connectivity index (χ1n) is 10.3. The van der Waals surface area contributed by atoms with E-state index in [0.29, 0.717) is 15.9 Å². The lowest BCUT2D eigenvalue weighted by atomic mass is 10.1. The van der Waals surface area contributed by atoms with Gasteiger partial charge in [-0.2, -0.15) is 23.4 Å². The molecular formula is C23H16ClF3N6OS. The van der Waals surface area contributed by atoms with Crippen LogP contribution in [0.5, 0.6) is 0 Å². The van der Waals surface area contributed by atoms with Gasteiger partial charge >= 0.3 is 6.18 Å². The molecule has 178 valence electrons. The number of aryl methyl sites for hydroxylation is 1. The van der Waals surface area contributed by atoms with Gasteiger partial charge < -0.3 is 5.32 Å². The van der Waals surface area contributed by atoms with E-state index in [2.05, 4.69) is 20.5 Å². The van der Waals surface area contributed by atoms with Gasteiger partial charge in [-0.15, -0.1) is 11.3 Å². The number of amides is 1. The predicted octanol–water partition coefficient (Wildman–Crippen LogP) is 5.94. The van der Waals surface area contributed by atoms with Crippen molar-refractivity contribution in [1.29, 1.82) is 0 Å². The molecule has 0 aliphatic carbocycles. The number of benzene rings is 1. The third-order valence-corrected chi connectivity index (χ3v) is 6.36. The van der Waals surface area contributed by atoms with E-state index >= 15 is 0 Å². The number of hydrogen-bond acceptors (Lipinski definition) is 5. The van der Waals surface area contributed by atoms with Crippen LogP contribution in [0.3, 0.4) is 0 Å². The van der Waals surface area contributed by atoms with Crippen LogP contribution in [0.4, 0.5) is 19.0 Å². The maximum atomic E-state index is 13.8. The summed E-state index contributed by atoms with van der Waals surface area (Å²) in [7, 11) is 0. The summed E-state index contributed by atoms with van der Waals surface area (Å²) in [5.41, 5.74) is 0.486. The van der Waals surface area contributed by atoms with Gasteiger partial charge in [-0.05, 0) is 30.0 Å². The Hall–Kier alpha value is -3.70. The van der Waals surface area contributed by atoms with Crippen LogP contribution in [0.25, 0.3) is 16.2 Å². The zero-order chi connectivity index (χ0) is 24.7. The molecule has 35 heavy (non-hydrogen) atoms. The van der Waals surface area contributed by atoms with Crippen molar-refractivity contribution in [1.82, 2.24) is 24.4 Å². The Bertz CT molecular complexity index is 1540. The van der Waals surface area contributed by atoms with E-state index < -0.39 is 17.8 Å². The smallest absolute Gasteiger partial charge is 0.304 e. The number of fused-ring (bicyclic) bond motifs is 1. The number of nitrogens with one attached hydrogen (secondary N) is 1. The van der Waals surface area contributed by atoms with Crippen LogP contribution in [0.15, 0.2) is 60.1 Å². The number of alkyl halides is 3. The highest BCUT2D eigenvalue weighted by molar-refractivity contribution is 7.13. The number of carbonyl (C=O) groups is 1. The number of hydrogen-bond donors (Lipinski definition) is 1. The average Bonchev–Trinajstić information content (AvgIpc) is 3.54. The fourth-order valence-electron chi connectivity index (χ4n) is 3.58. The Balaban J connectivity index is 1.45. The molecule has 7 nitrogen and oxygen atoms in total. The third-order valence-electron chi connectivity index (χ3n) is 5.12. The van der Waals surface area contributed by atoms with Crippen LogP contribution in [-0.2, 0) is 12.7 Å². The molecule has 0 saturated carbocycles. The Kier molecular flexibility index (Phi) is 5.81. The molecule has 12 heteroatoms. The summed E-state index contributed by atoms with van der Waals surface area (Å²) in [5.74, 6) is -0.592. The Morgan fingerprint density at radius 2 is 1.97 bits per heavy atom. The number of anilines is 1. The maximum Gasteiger partial charge on any atom is 0.433 e. The molecule has 0 aliphatic rings. The Morgan fingerprint density at radius 1 is 1.14 bits per heavy atom. The quantitative estimate of drug-likeness (QED) is 0.314. The van der Waals surface area contributed by atoms with Gasteiger partial charge in [0, 0.05) is 12.3 Å². The van der Waals surface area contributed by atoms with E-state index in [1.807, 2.05) is 31.2 Å². The highest BCUT2D eigenvalue weighted by Gasteiger charge is 2.37.